The smallest absolute Gasteiger partial charge is 0.311 e. The van der Waals surface area contributed by atoms with Crippen LogP contribution in [0, 0.1) is 11.3 Å². The first-order valence-corrected chi connectivity index (χ1v) is 5.30. The fourth-order valence-corrected chi connectivity index (χ4v) is 2.04. The molecule has 0 N–H and O–H groups in total. The van der Waals surface area contributed by atoms with Gasteiger partial charge in [0.25, 0.3) is 0 Å². The van der Waals surface area contributed by atoms with E-state index in [0.29, 0.717) is 5.92 Å². The standard InChI is InChI=1S/C12H20O3/c1-12(2,11(13)15-4)9-6-5-7-10(8-9)14-3/h5,7,9-10H,6,8H2,1-4H3/t9-,10-/m1/s1. The molecule has 0 aliphatic heterocycles. The summed E-state index contributed by atoms with van der Waals surface area (Å²) in [6.45, 7) is 3.88. The summed E-state index contributed by atoms with van der Waals surface area (Å²) in [6, 6.07) is 0. The highest BCUT2D eigenvalue weighted by Crippen LogP contribution is 2.37. The van der Waals surface area contributed by atoms with Gasteiger partial charge in [0.1, 0.15) is 0 Å². The lowest BCUT2D eigenvalue weighted by molar-refractivity contribution is -0.154. The highest BCUT2D eigenvalue weighted by Gasteiger charge is 2.39. The van der Waals surface area contributed by atoms with Crippen molar-refractivity contribution in [3.05, 3.63) is 12.2 Å². The predicted octanol–water partition coefficient (Wildman–Crippen LogP) is 2.17. The van der Waals surface area contributed by atoms with Crippen molar-refractivity contribution in [3.63, 3.8) is 0 Å². The molecule has 0 saturated heterocycles. The normalized spacial score (nSPS) is 26.4. The molecule has 0 spiro atoms. The van der Waals surface area contributed by atoms with E-state index in [0.717, 1.165) is 12.8 Å². The monoisotopic (exact) mass is 212 g/mol. The van der Waals surface area contributed by atoms with Gasteiger partial charge in [-0.1, -0.05) is 12.2 Å². The third kappa shape index (κ3) is 2.59. The van der Waals surface area contributed by atoms with Crippen LogP contribution in [0.2, 0.25) is 0 Å². The molecule has 0 saturated carbocycles. The number of methoxy groups -OCH3 is 2. The van der Waals surface area contributed by atoms with Crippen molar-refractivity contribution in [2.24, 2.45) is 11.3 Å². The lowest BCUT2D eigenvalue weighted by Crippen LogP contribution is -2.37. The number of carbonyl (C=O) groups excluding carboxylic acids is 1. The number of carbonyl (C=O) groups is 1. The number of hydrogen-bond acceptors (Lipinski definition) is 3. The molecule has 2 atom stereocenters. The molecule has 0 aromatic rings. The van der Waals surface area contributed by atoms with Crippen LogP contribution < -0.4 is 0 Å². The Hall–Kier alpha value is -0.830. The van der Waals surface area contributed by atoms with Gasteiger partial charge in [0.05, 0.1) is 18.6 Å². The molecular weight excluding hydrogens is 192 g/mol. The summed E-state index contributed by atoms with van der Waals surface area (Å²) in [5, 5.41) is 0. The van der Waals surface area contributed by atoms with Crippen LogP contribution in [0.25, 0.3) is 0 Å². The van der Waals surface area contributed by atoms with Crippen molar-refractivity contribution in [1.82, 2.24) is 0 Å². The quantitative estimate of drug-likeness (QED) is 0.531. The van der Waals surface area contributed by atoms with Crippen LogP contribution in [0.3, 0.4) is 0 Å². The van der Waals surface area contributed by atoms with Crippen LogP contribution in [0.15, 0.2) is 12.2 Å². The second kappa shape index (κ2) is 4.79. The molecule has 0 amide bonds. The first kappa shape index (κ1) is 12.2. The zero-order valence-corrected chi connectivity index (χ0v) is 9.95. The van der Waals surface area contributed by atoms with Gasteiger partial charge in [-0.05, 0) is 32.6 Å². The third-order valence-electron chi connectivity index (χ3n) is 3.32. The van der Waals surface area contributed by atoms with E-state index in [1.165, 1.54) is 7.11 Å². The zero-order chi connectivity index (χ0) is 11.5. The molecule has 0 heterocycles. The van der Waals surface area contributed by atoms with Gasteiger partial charge in [0.15, 0.2) is 0 Å². The van der Waals surface area contributed by atoms with E-state index in [2.05, 4.69) is 12.2 Å². The average Bonchev–Trinajstić information content (AvgIpc) is 2.27. The summed E-state index contributed by atoms with van der Waals surface area (Å²) in [6.07, 6.45) is 6.08. The molecule has 15 heavy (non-hydrogen) atoms. The number of allylic oxidation sites excluding steroid dienone is 1. The van der Waals surface area contributed by atoms with Gasteiger partial charge < -0.3 is 9.47 Å². The van der Waals surface area contributed by atoms with Gasteiger partial charge >= 0.3 is 5.97 Å². The zero-order valence-electron chi connectivity index (χ0n) is 9.95. The lowest BCUT2D eigenvalue weighted by atomic mass is 9.72. The van der Waals surface area contributed by atoms with Gasteiger partial charge in [-0.25, -0.2) is 0 Å². The minimum absolute atomic E-state index is 0.132. The van der Waals surface area contributed by atoms with Gasteiger partial charge in [-0.2, -0.15) is 0 Å². The maximum Gasteiger partial charge on any atom is 0.311 e. The van der Waals surface area contributed by atoms with E-state index in [9.17, 15) is 4.79 Å². The SMILES string of the molecule is COC(=O)C(C)(C)[C@@H]1CC=C[C@@H](OC)C1. The molecule has 0 radical (unpaired) electrons. The maximum absolute atomic E-state index is 11.6. The molecule has 86 valence electrons. The summed E-state index contributed by atoms with van der Waals surface area (Å²) in [5.41, 5.74) is -0.434. The van der Waals surface area contributed by atoms with Crippen molar-refractivity contribution in [1.29, 1.82) is 0 Å². The third-order valence-corrected chi connectivity index (χ3v) is 3.32. The van der Waals surface area contributed by atoms with Gasteiger partial charge in [0, 0.05) is 7.11 Å². The molecule has 3 heteroatoms. The molecule has 0 unspecified atom stereocenters. The number of rotatable bonds is 3. The van der Waals surface area contributed by atoms with E-state index in [1.807, 2.05) is 13.8 Å². The Morgan fingerprint density at radius 2 is 2.07 bits per heavy atom. The fraction of sp³-hybridized carbons (Fsp3) is 0.750. The summed E-state index contributed by atoms with van der Waals surface area (Å²) < 4.78 is 10.1. The molecule has 1 rings (SSSR count). The first-order valence-electron chi connectivity index (χ1n) is 5.30. The predicted molar refractivity (Wildman–Crippen MR) is 58.5 cm³/mol. The molecule has 1 aliphatic rings. The number of ether oxygens (including phenoxy) is 2. The van der Waals surface area contributed by atoms with E-state index < -0.39 is 5.41 Å². The van der Waals surface area contributed by atoms with Crippen LogP contribution in [-0.2, 0) is 14.3 Å². The average molecular weight is 212 g/mol. The lowest BCUT2D eigenvalue weighted by Gasteiger charge is -2.34. The van der Waals surface area contributed by atoms with Crippen LogP contribution in [0.5, 0.6) is 0 Å². The first-order chi connectivity index (χ1) is 7.02. The second-order valence-electron chi connectivity index (χ2n) is 4.58. The van der Waals surface area contributed by atoms with Gasteiger partial charge in [-0.3, -0.25) is 4.79 Å². The Kier molecular flexibility index (Phi) is 3.91. The number of esters is 1. The Bertz CT molecular complexity index is 256. The van der Waals surface area contributed by atoms with Crippen LogP contribution >= 0.6 is 0 Å². The van der Waals surface area contributed by atoms with E-state index in [1.54, 1.807) is 7.11 Å². The Morgan fingerprint density at radius 3 is 2.60 bits per heavy atom. The Balaban J connectivity index is 2.72. The van der Waals surface area contributed by atoms with Crippen molar-refractivity contribution in [2.75, 3.05) is 14.2 Å². The van der Waals surface area contributed by atoms with E-state index in [4.69, 9.17) is 9.47 Å². The fourth-order valence-electron chi connectivity index (χ4n) is 2.04. The van der Waals surface area contributed by atoms with E-state index in [-0.39, 0.29) is 12.1 Å². The second-order valence-corrected chi connectivity index (χ2v) is 4.58. The highest BCUT2D eigenvalue weighted by molar-refractivity contribution is 5.76. The number of hydrogen-bond donors (Lipinski definition) is 0. The van der Waals surface area contributed by atoms with E-state index >= 15 is 0 Å². The van der Waals surface area contributed by atoms with Crippen molar-refractivity contribution in [3.8, 4) is 0 Å². The largest absolute Gasteiger partial charge is 0.469 e. The maximum atomic E-state index is 11.6. The molecular formula is C12H20O3. The van der Waals surface area contributed by atoms with Crippen LogP contribution in [-0.4, -0.2) is 26.3 Å². The highest BCUT2D eigenvalue weighted by atomic mass is 16.5. The molecule has 3 nitrogen and oxygen atoms in total. The van der Waals surface area contributed by atoms with Crippen molar-refractivity contribution >= 4 is 5.97 Å². The summed E-state index contributed by atoms with van der Waals surface area (Å²) in [4.78, 5) is 11.6. The molecule has 1 aliphatic carbocycles. The van der Waals surface area contributed by atoms with Gasteiger partial charge in [-0.15, -0.1) is 0 Å². The van der Waals surface area contributed by atoms with Crippen molar-refractivity contribution in [2.45, 2.75) is 32.8 Å². The summed E-state index contributed by atoms with van der Waals surface area (Å²) in [7, 11) is 3.14. The molecule has 0 fully saturated rings. The minimum Gasteiger partial charge on any atom is -0.469 e. The van der Waals surface area contributed by atoms with Crippen LogP contribution in [0.1, 0.15) is 26.7 Å². The molecule has 0 bridgehead atoms. The minimum atomic E-state index is -0.434. The topological polar surface area (TPSA) is 35.5 Å². The Labute approximate surface area is 91.4 Å². The molecule has 0 aromatic carbocycles. The van der Waals surface area contributed by atoms with Crippen LogP contribution in [0.4, 0.5) is 0 Å². The molecule has 0 aromatic heterocycles. The van der Waals surface area contributed by atoms with Gasteiger partial charge in [0.2, 0.25) is 0 Å². The summed E-state index contributed by atoms with van der Waals surface area (Å²) >= 11 is 0. The summed E-state index contributed by atoms with van der Waals surface area (Å²) in [5.74, 6) is 0.151. The van der Waals surface area contributed by atoms with Crippen molar-refractivity contribution < 1.29 is 14.3 Å². The Morgan fingerprint density at radius 1 is 1.40 bits per heavy atom.